The monoisotopic (exact) mass is 261 g/mol. The van der Waals surface area contributed by atoms with E-state index < -0.39 is 12.0 Å². The van der Waals surface area contributed by atoms with Gasteiger partial charge in [0.25, 0.3) is 0 Å². The second-order valence-electron chi connectivity index (χ2n) is 5.07. The highest BCUT2D eigenvalue weighted by molar-refractivity contribution is 5.84. The Morgan fingerprint density at radius 1 is 1.42 bits per heavy atom. The van der Waals surface area contributed by atoms with Crippen LogP contribution in [0.1, 0.15) is 30.4 Å². The number of carboxylic acids is 1. The summed E-state index contributed by atoms with van der Waals surface area (Å²) in [5.41, 5.74) is 2.30. The number of amides is 1. The van der Waals surface area contributed by atoms with E-state index in [-0.39, 0.29) is 5.91 Å². The maximum atomic E-state index is 12.1. The molecule has 0 bridgehead atoms. The summed E-state index contributed by atoms with van der Waals surface area (Å²) < 4.78 is 0. The third-order valence-corrected chi connectivity index (χ3v) is 3.57. The van der Waals surface area contributed by atoms with Gasteiger partial charge in [-0.1, -0.05) is 29.8 Å². The lowest BCUT2D eigenvalue weighted by Gasteiger charge is -2.21. The van der Waals surface area contributed by atoms with Gasteiger partial charge in [0.2, 0.25) is 5.91 Å². The van der Waals surface area contributed by atoms with Crippen LogP contribution >= 0.6 is 0 Å². The van der Waals surface area contributed by atoms with Crippen LogP contribution in [0.5, 0.6) is 0 Å². The van der Waals surface area contributed by atoms with Crippen molar-refractivity contribution < 1.29 is 14.7 Å². The van der Waals surface area contributed by atoms with Crippen molar-refractivity contribution in [3.8, 4) is 0 Å². The normalized spacial score (nSPS) is 18.6. The van der Waals surface area contributed by atoms with Crippen LogP contribution in [0, 0.1) is 6.92 Å². The van der Waals surface area contributed by atoms with Gasteiger partial charge in [0.1, 0.15) is 6.04 Å². The van der Waals surface area contributed by atoms with Gasteiger partial charge in [-0.05, 0) is 31.7 Å². The zero-order chi connectivity index (χ0) is 13.8. The Morgan fingerprint density at radius 2 is 2.21 bits per heavy atom. The summed E-state index contributed by atoms with van der Waals surface area (Å²) in [6.07, 6.45) is 2.41. The number of hydrogen-bond donors (Lipinski definition) is 1. The van der Waals surface area contributed by atoms with Crippen molar-refractivity contribution in [2.24, 2.45) is 0 Å². The van der Waals surface area contributed by atoms with Crippen molar-refractivity contribution in [1.82, 2.24) is 4.90 Å². The van der Waals surface area contributed by atoms with Crippen molar-refractivity contribution in [1.29, 1.82) is 0 Å². The smallest absolute Gasteiger partial charge is 0.326 e. The second-order valence-corrected chi connectivity index (χ2v) is 5.07. The number of aliphatic carboxylic acids is 1. The topological polar surface area (TPSA) is 57.6 Å². The Morgan fingerprint density at radius 3 is 2.89 bits per heavy atom. The van der Waals surface area contributed by atoms with Crippen molar-refractivity contribution in [3.63, 3.8) is 0 Å². The fraction of sp³-hybridized carbons (Fsp3) is 0.467. The van der Waals surface area contributed by atoms with Crippen LogP contribution in [-0.2, 0) is 16.0 Å². The maximum Gasteiger partial charge on any atom is 0.326 e. The number of rotatable bonds is 4. The van der Waals surface area contributed by atoms with Crippen molar-refractivity contribution >= 4 is 11.9 Å². The summed E-state index contributed by atoms with van der Waals surface area (Å²) in [7, 11) is 0. The van der Waals surface area contributed by atoms with Crippen LogP contribution in [0.4, 0.5) is 0 Å². The molecule has 1 aliphatic heterocycles. The van der Waals surface area contributed by atoms with Gasteiger partial charge in [0.05, 0.1) is 0 Å². The van der Waals surface area contributed by atoms with Gasteiger partial charge in [-0.2, -0.15) is 0 Å². The predicted molar refractivity (Wildman–Crippen MR) is 71.9 cm³/mol. The molecule has 0 unspecified atom stereocenters. The van der Waals surface area contributed by atoms with Gasteiger partial charge in [0, 0.05) is 13.0 Å². The first-order chi connectivity index (χ1) is 9.08. The summed E-state index contributed by atoms with van der Waals surface area (Å²) in [6, 6.07) is 7.44. The van der Waals surface area contributed by atoms with Crippen LogP contribution < -0.4 is 0 Å². The van der Waals surface area contributed by atoms with Gasteiger partial charge in [-0.15, -0.1) is 0 Å². The Hall–Kier alpha value is -1.84. The molecule has 0 aliphatic carbocycles. The third kappa shape index (κ3) is 3.34. The predicted octanol–water partition coefficient (Wildman–Crippen LogP) is 2.00. The van der Waals surface area contributed by atoms with E-state index in [9.17, 15) is 9.59 Å². The minimum absolute atomic E-state index is 0.0496. The lowest BCUT2D eigenvalue weighted by molar-refractivity contribution is -0.148. The van der Waals surface area contributed by atoms with Crippen LogP contribution in [0.15, 0.2) is 24.3 Å². The summed E-state index contributed by atoms with van der Waals surface area (Å²) in [6.45, 7) is 2.59. The van der Waals surface area contributed by atoms with Crippen LogP contribution in [-0.4, -0.2) is 34.5 Å². The number of hydrogen-bond acceptors (Lipinski definition) is 2. The maximum absolute atomic E-state index is 12.1. The van der Waals surface area contributed by atoms with Gasteiger partial charge >= 0.3 is 5.97 Å². The average Bonchev–Trinajstić information content (AvgIpc) is 2.85. The Balaban J connectivity index is 1.92. The molecule has 19 heavy (non-hydrogen) atoms. The highest BCUT2D eigenvalue weighted by Gasteiger charge is 2.33. The van der Waals surface area contributed by atoms with E-state index in [1.165, 1.54) is 10.5 Å². The Bertz CT molecular complexity index is 484. The lowest BCUT2D eigenvalue weighted by atomic mass is 10.1. The molecule has 1 aromatic carbocycles. The fourth-order valence-electron chi connectivity index (χ4n) is 2.58. The molecule has 1 fully saturated rings. The zero-order valence-corrected chi connectivity index (χ0v) is 11.1. The molecule has 102 valence electrons. The van der Waals surface area contributed by atoms with E-state index in [1.807, 2.05) is 25.1 Å². The molecule has 2 rings (SSSR count). The fourth-order valence-corrected chi connectivity index (χ4v) is 2.58. The van der Waals surface area contributed by atoms with Crippen LogP contribution in [0.25, 0.3) is 0 Å². The van der Waals surface area contributed by atoms with Crippen molar-refractivity contribution in [2.75, 3.05) is 6.54 Å². The van der Waals surface area contributed by atoms with E-state index in [2.05, 4.69) is 6.07 Å². The van der Waals surface area contributed by atoms with Crippen LogP contribution in [0.2, 0.25) is 0 Å². The Labute approximate surface area is 113 Å². The first-order valence-electron chi connectivity index (χ1n) is 6.66. The summed E-state index contributed by atoms with van der Waals surface area (Å²) in [5, 5.41) is 9.06. The number of benzene rings is 1. The highest BCUT2D eigenvalue weighted by Crippen LogP contribution is 2.19. The molecular weight excluding hydrogens is 242 g/mol. The second kappa shape index (κ2) is 5.87. The molecule has 1 amide bonds. The molecule has 1 heterocycles. The summed E-state index contributed by atoms with van der Waals surface area (Å²) in [5.74, 6) is -0.937. The number of carbonyl (C=O) groups excluding carboxylic acids is 1. The van der Waals surface area contributed by atoms with Gasteiger partial charge in [0.15, 0.2) is 0 Å². The molecule has 1 saturated heterocycles. The zero-order valence-electron chi connectivity index (χ0n) is 11.1. The molecule has 1 aliphatic rings. The third-order valence-electron chi connectivity index (χ3n) is 3.57. The van der Waals surface area contributed by atoms with E-state index in [1.54, 1.807) is 0 Å². The molecule has 0 spiro atoms. The average molecular weight is 261 g/mol. The molecule has 4 heteroatoms. The van der Waals surface area contributed by atoms with Crippen molar-refractivity contribution in [3.05, 3.63) is 35.4 Å². The van der Waals surface area contributed by atoms with Gasteiger partial charge in [-0.25, -0.2) is 4.79 Å². The van der Waals surface area contributed by atoms with Crippen LogP contribution in [0.3, 0.4) is 0 Å². The lowest BCUT2D eigenvalue weighted by Crippen LogP contribution is -2.40. The van der Waals surface area contributed by atoms with Gasteiger partial charge < -0.3 is 10.0 Å². The van der Waals surface area contributed by atoms with Gasteiger partial charge in [-0.3, -0.25) is 4.79 Å². The molecule has 1 N–H and O–H groups in total. The first kappa shape index (κ1) is 13.6. The minimum atomic E-state index is -0.888. The van der Waals surface area contributed by atoms with E-state index >= 15 is 0 Å². The molecule has 0 aromatic heterocycles. The van der Waals surface area contributed by atoms with E-state index in [4.69, 9.17) is 5.11 Å². The molecular formula is C15H19NO3. The minimum Gasteiger partial charge on any atom is -0.480 e. The standard InChI is InChI=1S/C15H19NO3/c1-11-4-2-5-12(10-11)7-8-14(17)16-9-3-6-13(16)15(18)19/h2,4-5,10,13H,3,6-9H2,1H3,(H,18,19)/t13-/m1/s1. The largest absolute Gasteiger partial charge is 0.480 e. The molecule has 4 nitrogen and oxygen atoms in total. The number of aryl methyl sites for hydroxylation is 2. The Kier molecular flexibility index (Phi) is 4.20. The molecule has 0 saturated carbocycles. The quantitative estimate of drug-likeness (QED) is 0.902. The SMILES string of the molecule is Cc1cccc(CCC(=O)N2CCC[C@@H]2C(=O)O)c1. The number of carbonyl (C=O) groups is 2. The van der Waals surface area contributed by atoms with E-state index in [0.29, 0.717) is 25.8 Å². The summed E-state index contributed by atoms with van der Waals surface area (Å²) >= 11 is 0. The number of nitrogens with zero attached hydrogens (tertiary/aromatic N) is 1. The molecule has 1 aromatic rings. The van der Waals surface area contributed by atoms with E-state index in [0.717, 1.165) is 12.0 Å². The molecule has 0 radical (unpaired) electrons. The highest BCUT2D eigenvalue weighted by atomic mass is 16.4. The molecule has 1 atom stereocenters. The first-order valence-corrected chi connectivity index (χ1v) is 6.66. The number of carboxylic acid groups (broad SMARTS) is 1. The van der Waals surface area contributed by atoms with Crippen molar-refractivity contribution in [2.45, 2.75) is 38.6 Å². The summed E-state index contributed by atoms with van der Waals surface area (Å²) in [4.78, 5) is 24.6. The number of likely N-dealkylation sites (tertiary alicyclic amines) is 1.